The first-order valence-corrected chi connectivity index (χ1v) is 5.43. The average molecular weight is 241 g/mol. The predicted molar refractivity (Wildman–Crippen MR) is 70.0 cm³/mol. The van der Waals surface area contributed by atoms with Crippen LogP contribution < -0.4 is 11.1 Å². The van der Waals surface area contributed by atoms with Crippen molar-refractivity contribution in [3.05, 3.63) is 53.3 Å². The highest BCUT2D eigenvalue weighted by Gasteiger charge is 2.04. The van der Waals surface area contributed by atoms with Gasteiger partial charge in [-0.3, -0.25) is 0 Å². The van der Waals surface area contributed by atoms with Gasteiger partial charge in [-0.2, -0.15) is 5.26 Å². The Hall–Kier alpha value is -2.54. The molecule has 0 spiro atoms. The second-order valence-corrected chi connectivity index (χ2v) is 4.00. The molecule has 18 heavy (non-hydrogen) atoms. The third-order valence-corrected chi connectivity index (χ3v) is 2.65. The molecule has 0 bridgehead atoms. The van der Waals surface area contributed by atoms with Gasteiger partial charge in [-0.15, -0.1) is 0 Å². The number of hydrogen-bond acceptors (Lipinski definition) is 3. The molecule has 2 rings (SSSR count). The number of nitriles is 1. The lowest BCUT2D eigenvalue weighted by molar-refractivity contribution is 0.628. The third-order valence-electron chi connectivity index (χ3n) is 2.65. The van der Waals surface area contributed by atoms with Crippen LogP contribution in [0.4, 0.5) is 21.5 Å². The minimum atomic E-state index is -0.374. The van der Waals surface area contributed by atoms with Crippen LogP contribution >= 0.6 is 0 Å². The molecule has 90 valence electrons. The number of halogens is 1. The van der Waals surface area contributed by atoms with Gasteiger partial charge >= 0.3 is 0 Å². The molecule has 0 heterocycles. The van der Waals surface area contributed by atoms with Crippen molar-refractivity contribution in [2.75, 3.05) is 11.1 Å². The summed E-state index contributed by atoms with van der Waals surface area (Å²) >= 11 is 0. The van der Waals surface area contributed by atoms with E-state index in [1.807, 2.05) is 13.0 Å². The zero-order chi connectivity index (χ0) is 13.1. The molecule has 0 aliphatic heterocycles. The number of nitrogens with two attached hydrogens (primary N) is 1. The second-order valence-electron chi connectivity index (χ2n) is 4.00. The van der Waals surface area contributed by atoms with Gasteiger partial charge in [0.1, 0.15) is 5.82 Å². The first-order chi connectivity index (χ1) is 8.60. The number of rotatable bonds is 2. The van der Waals surface area contributed by atoms with Crippen LogP contribution in [0.1, 0.15) is 11.1 Å². The zero-order valence-electron chi connectivity index (χ0n) is 9.87. The fourth-order valence-electron chi connectivity index (χ4n) is 1.62. The lowest BCUT2D eigenvalue weighted by atomic mass is 10.1. The summed E-state index contributed by atoms with van der Waals surface area (Å²) in [4.78, 5) is 0. The van der Waals surface area contributed by atoms with Crippen molar-refractivity contribution in [1.29, 1.82) is 5.26 Å². The molecule has 0 radical (unpaired) electrons. The molecule has 2 aromatic rings. The van der Waals surface area contributed by atoms with Gasteiger partial charge in [0.05, 0.1) is 23.0 Å². The number of anilines is 3. The maximum Gasteiger partial charge on any atom is 0.125 e. The summed E-state index contributed by atoms with van der Waals surface area (Å²) in [6, 6.07) is 11.6. The van der Waals surface area contributed by atoms with Gasteiger partial charge < -0.3 is 11.1 Å². The number of hydrogen-bond donors (Lipinski definition) is 2. The van der Waals surface area contributed by atoms with Crippen LogP contribution in [0, 0.1) is 24.1 Å². The van der Waals surface area contributed by atoms with Gasteiger partial charge in [-0.05, 0) is 42.8 Å². The van der Waals surface area contributed by atoms with Crippen molar-refractivity contribution < 1.29 is 4.39 Å². The molecule has 0 aromatic heterocycles. The summed E-state index contributed by atoms with van der Waals surface area (Å²) in [5, 5.41) is 12.0. The van der Waals surface area contributed by atoms with Crippen molar-refractivity contribution in [2.45, 2.75) is 6.92 Å². The van der Waals surface area contributed by atoms with Crippen molar-refractivity contribution in [2.24, 2.45) is 0 Å². The monoisotopic (exact) mass is 241 g/mol. The van der Waals surface area contributed by atoms with Gasteiger partial charge in [0.15, 0.2) is 0 Å². The van der Waals surface area contributed by atoms with E-state index in [1.165, 1.54) is 12.1 Å². The fourth-order valence-corrected chi connectivity index (χ4v) is 1.62. The maximum atomic E-state index is 12.9. The largest absolute Gasteiger partial charge is 0.397 e. The molecule has 2 aromatic carbocycles. The molecule has 0 aliphatic carbocycles. The molecule has 3 N–H and O–H groups in total. The number of benzene rings is 2. The molecular formula is C14H12FN3. The predicted octanol–water partition coefficient (Wildman–Crippen LogP) is 3.33. The molecule has 3 nitrogen and oxygen atoms in total. The minimum Gasteiger partial charge on any atom is -0.397 e. The van der Waals surface area contributed by atoms with Crippen LogP contribution in [0.5, 0.6) is 0 Å². The molecular weight excluding hydrogens is 229 g/mol. The lowest BCUT2D eigenvalue weighted by Gasteiger charge is -2.12. The SMILES string of the molecule is Cc1ccc(C#N)cc1Nc1ccc(F)cc1N. The highest BCUT2D eigenvalue weighted by molar-refractivity contribution is 5.74. The normalized spacial score (nSPS) is 9.83. The van der Waals surface area contributed by atoms with Gasteiger partial charge in [0.2, 0.25) is 0 Å². The summed E-state index contributed by atoms with van der Waals surface area (Å²) in [5.41, 5.74) is 9.00. The highest BCUT2D eigenvalue weighted by atomic mass is 19.1. The zero-order valence-corrected chi connectivity index (χ0v) is 9.87. The van der Waals surface area contributed by atoms with Gasteiger partial charge in [-0.25, -0.2) is 4.39 Å². The number of nitrogens with one attached hydrogen (secondary N) is 1. The van der Waals surface area contributed by atoms with E-state index < -0.39 is 0 Å². The van der Waals surface area contributed by atoms with Crippen molar-refractivity contribution in [1.82, 2.24) is 0 Å². The molecule has 4 heteroatoms. The standard InChI is InChI=1S/C14H12FN3/c1-9-2-3-10(8-16)6-14(9)18-13-5-4-11(15)7-12(13)17/h2-7,18H,17H2,1H3. The topological polar surface area (TPSA) is 61.8 Å². The average Bonchev–Trinajstić information content (AvgIpc) is 2.35. The third kappa shape index (κ3) is 2.41. The van der Waals surface area contributed by atoms with E-state index in [0.29, 0.717) is 16.9 Å². The molecule has 0 amide bonds. The van der Waals surface area contributed by atoms with Crippen molar-refractivity contribution >= 4 is 17.1 Å². The minimum absolute atomic E-state index is 0.330. The van der Waals surface area contributed by atoms with E-state index in [0.717, 1.165) is 11.3 Å². The quantitative estimate of drug-likeness (QED) is 0.793. The maximum absolute atomic E-state index is 12.9. The van der Waals surface area contributed by atoms with E-state index in [2.05, 4.69) is 11.4 Å². The summed E-state index contributed by atoms with van der Waals surface area (Å²) in [5.74, 6) is -0.374. The molecule has 0 atom stereocenters. The Bertz CT molecular complexity index is 629. The fraction of sp³-hybridized carbons (Fsp3) is 0.0714. The van der Waals surface area contributed by atoms with E-state index in [-0.39, 0.29) is 5.82 Å². The Balaban J connectivity index is 2.37. The summed E-state index contributed by atoms with van der Waals surface area (Å²) < 4.78 is 12.9. The summed E-state index contributed by atoms with van der Waals surface area (Å²) in [6.45, 7) is 1.92. The number of aryl methyl sites for hydroxylation is 1. The van der Waals surface area contributed by atoms with Crippen LogP contribution in [0.25, 0.3) is 0 Å². The first-order valence-electron chi connectivity index (χ1n) is 5.43. The van der Waals surface area contributed by atoms with Crippen molar-refractivity contribution in [3.8, 4) is 6.07 Å². The van der Waals surface area contributed by atoms with E-state index in [1.54, 1.807) is 18.2 Å². The molecule has 0 saturated carbocycles. The van der Waals surface area contributed by atoms with Crippen LogP contribution in [0.15, 0.2) is 36.4 Å². The Morgan fingerprint density at radius 3 is 2.61 bits per heavy atom. The first kappa shape index (κ1) is 11.9. The Labute approximate surface area is 105 Å². The van der Waals surface area contributed by atoms with Crippen LogP contribution in [0.2, 0.25) is 0 Å². The van der Waals surface area contributed by atoms with E-state index in [4.69, 9.17) is 11.0 Å². The van der Waals surface area contributed by atoms with E-state index >= 15 is 0 Å². The Morgan fingerprint density at radius 2 is 1.94 bits per heavy atom. The molecule has 0 saturated heterocycles. The molecule has 0 unspecified atom stereocenters. The van der Waals surface area contributed by atoms with Gasteiger partial charge in [0, 0.05) is 5.69 Å². The smallest absolute Gasteiger partial charge is 0.125 e. The Morgan fingerprint density at radius 1 is 1.17 bits per heavy atom. The van der Waals surface area contributed by atoms with Crippen molar-refractivity contribution in [3.63, 3.8) is 0 Å². The second kappa shape index (κ2) is 4.76. The Kier molecular flexibility index (Phi) is 3.16. The van der Waals surface area contributed by atoms with Crippen LogP contribution in [-0.4, -0.2) is 0 Å². The number of nitrogen functional groups attached to an aromatic ring is 1. The van der Waals surface area contributed by atoms with Crippen LogP contribution in [-0.2, 0) is 0 Å². The lowest BCUT2D eigenvalue weighted by Crippen LogP contribution is -1.98. The van der Waals surface area contributed by atoms with Gasteiger partial charge in [0.25, 0.3) is 0 Å². The van der Waals surface area contributed by atoms with Crippen LogP contribution in [0.3, 0.4) is 0 Å². The summed E-state index contributed by atoms with van der Waals surface area (Å²) in [6.07, 6.45) is 0. The molecule has 0 aliphatic rings. The van der Waals surface area contributed by atoms with E-state index in [9.17, 15) is 4.39 Å². The number of nitrogens with zero attached hydrogens (tertiary/aromatic N) is 1. The molecule has 0 fully saturated rings. The highest BCUT2D eigenvalue weighted by Crippen LogP contribution is 2.26. The van der Waals surface area contributed by atoms with Gasteiger partial charge in [-0.1, -0.05) is 6.07 Å². The summed E-state index contributed by atoms with van der Waals surface area (Å²) in [7, 11) is 0.